The van der Waals surface area contributed by atoms with Crippen molar-refractivity contribution in [2.24, 2.45) is 0 Å². The quantitative estimate of drug-likeness (QED) is 0.861. The van der Waals surface area contributed by atoms with Crippen LogP contribution in [0.2, 0.25) is 0 Å². The zero-order valence-corrected chi connectivity index (χ0v) is 14.9. The largest absolute Gasteiger partial charge is 0.481 e. The molecule has 1 aliphatic rings. The Balaban J connectivity index is 1.63. The summed E-state index contributed by atoms with van der Waals surface area (Å²) in [6.45, 7) is 3.60. The number of benzene rings is 2. The van der Waals surface area contributed by atoms with Crippen molar-refractivity contribution < 1.29 is 18.7 Å². The van der Waals surface area contributed by atoms with Gasteiger partial charge in [0.25, 0.3) is 5.91 Å². The molecule has 0 aliphatic carbocycles. The van der Waals surface area contributed by atoms with Gasteiger partial charge in [0.1, 0.15) is 11.6 Å². The Labute approximate surface area is 153 Å². The van der Waals surface area contributed by atoms with Gasteiger partial charge in [0.15, 0.2) is 6.10 Å². The van der Waals surface area contributed by atoms with Crippen LogP contribution in [-0.2, 0) is 14.9 Å². The Hall–Kier alpha value is -2.40. The topological polar surface area (TPSA) is 47.6 Å². The van der Waals surface area contributed by atoms with Crippen LogP contribution in [0, 0.1) is 5.82 Å². The van der Waals surface area contributed by atoms with Crippen LogP contribution in [0.25, 0.3) is 0 Å². The molecule has 4 nitrogen and oxygen atoms in total. The summed E-state index contributed by atoms with van der Waals surface area (Å²) in [4.78, 5) is 12.5. The van der Waals surface area contributed by atoms with Crippen molar-refractivity contribution in [3.05, 3.63) is 66.0 Å². The smallest absolute Gasteiger partial charge is 0.260 e. The molecule has 0 spiro atoms. The molecule has 1 aliphatic heterocycles. The number of ether oxygens (including phenoxy) is 2. The van der Waals surface area contributed by atoms with Crippen LogP contribution < -0.4 is 10.1 Å². The molecule has 0 radical (unpaired) electrons. The van der Waals surface area contributed by atoms with Crippen LogP contribution in [0.5, 0.6) is 5.75 Å². The minimum Gasteiger partial charge on any atom is -0.481 e. The van der Waals surface area contributed by atoms with Crippen LogP contribution in [0.4, 0.5) is 4.39 Å². The van der Waals surface area contributed by atoms with E-state index in [-0.39, 0.29) is 17.1 Å². The third kappa shape index (κ3) is 4.41. The summed E-state index contributed by atoms with van der Waals surface area (Å²) in [6, 6.07) is 15.9. The van der Waals surface area contributed by atoms with E-state index in [1.54, 1.807) is 6.92 Å². The molecule has 0 unspecified atom stereocenters. The normalized spacial score (nSPS) is 17.3. The lowest BCUT2D eigenvalue weighted by atomic mass is 9.74. The number of amides is 1. The van der Waals surface area contributed by atoms with Gasteiger partial charge in [-0.15, -0.1) is 0 Å². The number of rotatable bonds is 6. The Morgan fingerprint density at radius 1 is 1.15 bits per heavy atom. The van der Waals surface area contributed by atoms with Gasteiger partial charge in [-0.05, 0) is 49.6 Å². The molecule has 2 aromatic rings. The zero-order chi connectivity index (χ0) is 18.4. The lowest BCUT2D eigenvalue weighted by Crippen LogP contribution is -2.47. The monoisotopic (exact) mass is 357 g/mol. The molecule has 1 atom stereocenters. The molecule has 26 heavy (non-hydrogen) atoms. The predicted molar refractivity (Wildman–Crippen MR) is 97.7 cm³/mol. The second-order valence-corrected chi connectivity index (χ2v) is 6.69. The van der Waals surface area contributed by atoms with Crippen LogP contribution in [0.3, 0.4) is 0 Å². The molecule has 138 valence electrons. The molecule has 0 saturated carbocycles. The van der Waals surface area contributed by atoms with Crippen molar-refractivity contribution in [1.82, 2.24) is 5.32 Å². The lowest BCUT2D eigenvalue weighted by molar-refractivity contribution is -0.127. The maximum atomic E-state index is 13.0. The number of nitrogens with one attached hydrogen (secondary N) is 1. The number of hydrogen-bond acceptors (Lipinski definition) is 3. The molecular formula is C21H24FNO3. The van der Waals surface area contributed by atoms with E-state index in [1.165, 1.54) is 29.8 Å². The van der Waals surface area contributed by atoms with Gasteiger partial charge < -0.3 is 14.8 Å². The molecule has 0 bridgehead atoms. The standard InChI is InChI=1S/C21H24FNO3/c1-16(26-19-9-7-18(22)8-10-19)20(24)23-15-21(11-13-25-14-12-21)17-5-3-2-4-6-17/h2-10,16H,11-15H2,1H3,(H,23,24)/t16-/m0/s1. The molecule has 5 heteroatoms. The SMILES string of the molecule is C[C@H](Oc1ccc(F)cc1)C(=O)NCC1(c2ccccc2)CCOCC1. The van der Waals surface area contributed by atoms with Crippen molar-refractivity contribution in [1.29, 1.82) is 0 Å². The maximum Gasteiger partial charge on any atom is 0.260 e. The first-order chi connectivity index (χ1) is 12.6. The third-order valence-electron chi connectivity index (χ3n) is 4.93. The molecule has 3 rings (SSSR count). The van der Waals surface area contributed by atoms with Gasteiger partial charge in [0, 0.05) is 25.2 Å². The van der Waals surface area contributed by atoms with Gasteiger partial charge in [0.2, 0.25) is 0 Å². The second-order valence-electron chi connectivity index (χ2n) is 6.69. The lowest BCUT2D eigenvalue weighted by Gasteiger charge is -2.38. The highest BCUT2D eigenvalue weighted by molar-refractivity contribution is 5.80. The van der Waals surface area contributed by atoms with E-state index < -0.39 is 6.10 Å². The molecule has 0 aromatic heterocycles. The van der Waals surface area contributed by atoms with Crippen molar-refractivity contribution in [3.63, 3.8) is 0 Å². The number of hydrogen-bond donors (Lipinski definition) is 1. The first-order valence-corrected chi connectivity index (χ1v) is 8.92. The van der Waals surface area contributed by atoms with Gasteiger partial charge >= 0.3 is 0 Å². The Morgan fingerprint density at radius 2 is 1.81 bits per heavy atom. The minimum atomic E-state index is -0.659. The van der Waals surface area contributed by atoms with Gasteiger partial charge in [-0.1, -0.05) is 30.3 Å². The highest BCUT2D eigenvalue weighted by Crippen LogP contribution is 2.34. The molecule has 1 saturated heterocycles. The maximum absolute atomic E-state index is 13.0. The average molecular weight is 357 g/mol. The van der Waals surface area contributed by atoms with Crippen molar-refractivity contribution in [3.8, 4) is 5.75 Å². The van der Waals surface area contributed by atoms with E-state index in [9.17, 15) is 9.18 Å². The number of halogens is 1. The van der Waals surface area contributed by atoms with E-state index in [0.717, 1.165) is 12.8 Å². The average Bonchev–Trinajstić information content (AvgIpc) is 2.69. The summed E-state index contributed by atoms with van der Waals surface area (Å²) in [5.41, 5.74) is 1.10. The van der Waals surface area contributed by atoms with Gasteiger partial charge in [-0.2, -0.15) is 0 Å². The zero-order valence-electron chi connectivity index (χ0n) is 14.9. The van der Waals surface area contributed by atoms with Crippen LogP contribution in [0.15, 0.2) is 54.6 Å². The molecule has 2 aromatic carbocycles. The van der Waals surface area contributed by atoms with E-state index in [4.69, 9.17) is 9.47 Å². The first kappa shape index (κ1) is 18.4. The van der Waals surface area contributed by atoms with Crippen molar-refractivity contribution in [2.45, 2.75) is 31.3 Å². The van der Waals surface area contributed by atoms with Gasteiger partial charge in [-0.3, -0.25) is 4.79 Å². The van der Waals surface area contributed by atoms with Crippen molar-refractivity contribution in [2.75, 3.05) is 19.8 Å². The third-order valence-corrected chi connectivity index (χ3v) is 4.93. The summed E-state index contributed by atoms with van der Waals surface area (Å²) < 4.78 is 24.1. The molecule has 1 fully saturated rings. The number of carbonyl (C=O) groups is 1. The Morgan fingerprint density at radius 3 is 2.46 bits per heavy atom. The summed E-state index contributed by atoms with van der Waals surface area (Å²) in [6.07, 6.45) is 1.07. The fourth-order valence-corrected chi connectivity index (χ4v) is 3.29. The fourth-order valence-electron chi connectivity index (χ4n) is 3.29. The first-order valence-electron chi connectivity index (χ1n) is 8.92. The van der Waals surface area contributed by atoms with E-state index in [2.05, 4.69) is 17.4 Å². The molecule has 1 heterocycles. The van der Waals surface area contributed by atoms with Crippen LogP contribution in [0.1, 0.15) is 25.3 Å². The molecule has 1 N–H and O–H groups in total. The van der Waals surface area contributed by atoms with E-state index in [1.807, 2.05) is 18.2 Å². The highest BCUT2D eigenvalue weighted by Gasteiger charge is 2.35. The van der Waals surface area contributed by atoms with E-state index >= 15 is 0 Å². The molecular weight excluding hydrogens is 333 g/mol. The Kier molecular flexibility index (Phi) is 5.89. The summed E-state index contributed by atoms with van der Waals surface area (Å²) in [7, 11) is 0. The number of carbonyl (C=O) groups excluding carboxylic acids is 1. The Bertz CT molecular complexity index is 712. The second kappa shape index (κ2) is 8.32. The summed E-state index contributed by atoms with van der Waals surface area (Å²) in [5.74, 6) is -0.0483. The predicted octanol–water partition coefficient (Wildman–Crippen LogP) is 3.46. The molecule has 1 amide bonds. The van der Waals surface area contributed by atoms with E-state index in [0.29, 0.717) is 25.5 Å². The van der Waals surface area contributed by atoms with Crippen molar-refractivity contribution >= 4 is 5.91 Å². The fraction of sp³-hybridized carbons (Fsp3) is 0.381. The van der Waals surface area contributed by atoms with Gasteiger partial charge in [-0.25, -0.2) is 4.39 Å². The van der Waals surface area contributed by atoms with Crippen LogP contribution in [-0.4, -0.2) is 31.8 Å². The van der Waals surface area contributed by atoms with Gasteiger partial charge in [0.05, 0.1) is 0 Å². The summed E-state index contributed by atoms with van der Waals surface area (Å²) >= 11 is 0. The summed E-state index contributed by atoms with van der Waals surface area (Å²) in [5, 5.41) is 3.03. The minimum absolute atomic E-state index is 0.120. The highest BCUT2D eigenvalue weighted by atomic mass is 19.1. The van der Waals surface area contributed by atoms with Crippen LogP contribution >= 0.6 is 0 Å².